The maximum absolute atomic E-state index is 12.8. The second-order valence-corrected chi connectivity index (χ2v) is 9.68. The number of aryl methyl sites for hydroxylation is 1. The molecule has 1 saturated carbocycles. The van der Waals surface area contributed by atoms with Crippen molar-refractivity contribution in [1.29, 1.82) is 0 Å². The number of methoxy groups -OCH3 is 1. The molecule has 3 aromatic rings. The van der Waals surface area contributed by atoms with Gasteiger partial charge in [0.05, 0.1) is 12.6 Å². The van der Waals surface area contributed by atoms with Gasteiger partial charge in [0.15, 0.2) is 0 Å². The van der Waals surface area contributed by atoms with E-state index in [2.05, 4.69) is 20.8 Å². The number of carbonyl (C=O) groups is 1. The van der Waals surface area contributed by atoms with Crippen LogP contribution < -0.4 is 10.6 Å². The molecule has 11 heteroatoms. The molecule has 0 unspecified atom stereocenters. The molecule has 4 rings (SSSR count). The predicted molar refractivity (Wildman–Crippen MR) is 122 cm³/mol. The fourth-order valence-electron chi connectivity index (χ4n) is 4.05. The molecule has 0 saturated heterocycles. The van der Waals surface area contributed by atoms with Crippen LogP contribution in [0.4, 0.5) is 25.3 Å². The van der Waals surface area contributed by atoms with Crippen LogP contribution in [-0.4, -0.2) is 51.6 Å². The van der Waals surface area contributed by atoms with Crippen molar-refractivity contribution in [2.24, 2.45) is 0 Å². The maximum atomic E-state index is 12.8. The number of ether oxygens (including phenoxy) is 1. The second-order valence-electron chi connectivity index (χ2n) is 9.68. The predicted octanol–water partition coefficient (Wildman–Crippen LogP) is 4.64. The van der Waals surface area contributed by atoms with Gasteiger partial charge in [-0.1, -0.05) is 25.9 Å². The van der Waals surface area contributed by atoms with Crippen molar-refractivity contribution < 1.29 is 27.8 Å². The molecule has 0 bridgehead atoms. The first-order chi connectivity index (χ1) is 15.9. The van der Waals surface area contributed by atoms with Crippen LogP contribution in [0.2, 0.25) is 0 Å². The molecule has 0 aliphatic heterocycles. The number of halogens is 2. The smallest absolute Gasteiger partial charge is 0.411 e. The van der Waals surface area contributed by atoms with Gasteiger partial charge in [0, 0.05) is 30.0 Å². The topological polar surface area (TPSA) is 122 Å². The molecule has 0 spiro atoms. The van der Waals surface area contributed by atoms with Gasteiger partial charge in [-0.25, -0.2) is 18.6 Å². The summed E-state index contributed by atoms with van der Waals surface area (Å²) in [5.74, 6) is 0.174. The van der Waals surface area contributed by atoms with Crippen molar-refractivity contribution in [2.75, 3.05) is 17.7 Å². The number of nitrogens with zero attached hydrogens (tertiary/aromatic N) is 3. The number of hydrogen-bond donors (Lipinski definition) is 3. The molecule has 2 aromatic heterocycles. The van der Waals surface area contributed by atoms with Gasteiger partial charge in [0.1, 0.15) is 11.3 Å². The van der Waals surface area contributed by atoms with Gasteiger partial charge in [0.25, 0.3) is 12.3 Å². The van der Waals surface area contributed by atoms with E-state index in [4.69, 9.17) is 14.1 Å². The zero-order chi connectivity index (χ0) is 24.8. The molecule has 1 aliphatic rings. The Hall–Kier alpha value is -3.34. The van der Waals surface area contributed by atoms with Crippen LogP contribution in [0.5, 0.6) is 0 Å². The highest BCUT2D eigenvalue weighted by Crippen LogP contribution is 2.39. The quantitative estimate of drug-likeness (QED) is 0.488. The summed E-state index contributed by atoms with van der Waals surface area (Å²) in [5, 5.41) is 24.2. The van der Waals surface area contributed by atoms with E-state index in [-0.39, 0.29) is 36.2 Å². The standard InChI is InChI=1S/C23H27F2N5O4/c1-11-6-16(18-29-30-20(34-18)26-13-9-23(32,10-13)19(24)25)28-17-14(11)7-12(27-21(31)33-5)8-15(17)22(2,3)4/h6-8,13,19,32H,9-10H2,1-5H3,(H,26,30)(H,27,31)/t13-,23+. The van der Waals surface area contributed by atoms with E-state index >= 15 is 0 Å². The molecule has 3 N–H and O–H groups in total. The number of aliphatic hydroxyl groups is 1. The number of anilines is 2. The zero-order valence-corrected chi connectivity index (χ0v) is 19.6. The van der Waals surface area contributed by atoms with Crippen LogP contribution in [0.25, 0.3) is 22.5 Å². The normalized spacial score (nSPS) is 20.3. The first kappa shape index (κ1) is 23.8. The summed E-state index contributed by atoms with van der Waals surface area (Å²) in [4.78, 5) is 16.5. The van der Waals surface area contributed by atoms with E-state index in [1.165, 1.54) is 7.11 Å². The highest BCUT2D eigenvalue weighted by molar-refractivity contribution is 5.94. The third kappa shape index (κ3) is 4.52. The van der Waals surface area contributed by atoms with E-state index in [0.717, 1.165) is 22.0 Å². The van der Waals surface area contributed by atoms with Crippen LogP contribution in [0.15, 0.2) is 22.6 Å². The molecule has 34 heavy (non-hydrogen) atoms. The van der Waals surface area contributed by atoms with E-state index in [9.17, 15) is 18.7 Å². The lowest BCUT2D eigenvalue weighted by Crippen LogP contribution is -2.55. The lowest BCUT2D eigenvalue weighted by atomic mass is 9.76. The van der Waals surface area contributed by atoms with Crippen LogP contribution in [0.3, 0.4) is 0 Å². The van der Waals surface area contributed by atoms with Crippen molar-refractivity contribution in [3.63, 3.8) is 0 Å². The van der Waals surface area contributed by atoms with Crippen molar-refractivity contribution in [1.82, 2.24) is 15.2 Å². The summed E-state index contributed by atoms with van der Waals surface area (Å²) in [6, 6.07) is 5.18. The molecule has 1 fully saturated rings. The number of fused-ring (bicyclic) bond motifs is 1. The molecular weight excluding hydrogens is 448 g/mol. The van der Waals surface area contributed by atoms with E-state index in [1.54, 1.807) is 6.07 Å². The molecule has 0 radical (unpaired) electrons. The van der Waals surface area contributed by atoms with Crippen molar-refractivity contribution in [2.45, 2.75) is 64.0 Å². The minimum atomic E-state index is -2.80. The minimum Gasteiger partial charge on any atom is -0.453 e. The number of amides is 1. The summed E-state index contributed by atoms with van der Waals surface area (Å²) in [5.41, 5.74) is 1.30. The Balaban J connectivity index is 1.66. The molecule has 2 heterocycles. The number of alkyl halides is 2. The molecule has 1 aliphatic carbocycles. The van der Waals surface area contributed by atoms with Gasteiger partial charge in [0.2, 0.25) is 0 Å². The van der Waals surface area contributed by atoms with Crippen LogP contribution in [0, 0.1) is 6.92 Å². The van der Waals surface area contributed by atoms with Crippen molar-refractivity contribution in [3.05, 3.63) is 29.3 Å². The van der Waals surface area contributed by atoms with E-state index in [1.807, 2.05) is 39.8 Å². The Morgan fingerprint density at radius 1 is 1.26 bits per heavy atom. The Kier molecular flexibility index (Phi) is 5.92. The van der Waals surface area contributed by atoms with Gasteiger partial charge in [-0.05, 0) is 41.7 Å². The number of pyridine rings is 1. The maximum Gasteiger partial charge on any atom is 0.411 e. The SMILES string of the molecule is COC(=O)Nc1cc(C(C)(C)C)c2nc(-c3nnc(N[C@H]4C[C@](O)(C(F)F)C4)o3)cc(C)c2c1. The number of benzene rings is 1. The zero-order valence-electron chi connectivity index (χ0n) is 19.6. The summed E-state index contributed by atoms with van der Waals surface area (Å²) in [7, 11) is 1.30. The van der Waals surface area contributed by atoms with Crippen LogP contribution >= 0.6 is 0 Å². The molecule has 0 atom stereocenters. The molecular formula is C23H27F2N5O4. The summed E-state index contributed by atoms with van der Waals surface area (Å²) in [6.07, 6.45) is -3.57. The fourth-order valence-corrected chi connectivity index (χ4v) is 4.05. The van der Waals surface area contributed by atoms with E-state index < -0.39 is 18.1 Å². The first-order valence-corrected chi connectivity index (χ1v) is 10.8. The summed E-state index contributed by atoms with van der Waals surface area (Å²) < 4.78 is 36.0. The van der Waals surface area contributed by atoms with Crippen molar-refractivity contribution >= 4 is 28.7 Å². The highest BCUT2D eigenvalue weighted by Gasteiger charge is 2.50. The lowest BCUT2D eigenvalue weighted by molar-refractivity contribution is -0.148. The average Bonchev–Trinajstić information content (AvgIpc) is 3.20. The molecule has 9 nitrogen and oxygen atoms in total. The summed E-state index contributed by atoms with van der Waals surface area (Å²) in [6.45, 7) is 8.04. The van der Waals surface area contributed by atoms with Gasteiger partial charge < -0.3 is 19.6 Å². The number of rotatable bonds is 5. The monoisotopic (exact) mass is 475 g/mol. The summed E-state index contributed by atoms with van der Waals surface area (Å²) >= 11 is 0. The second kappa shape index (κ2) is 8.46. The Morgan fingerprint density at radius 3 is 2.59 bits per heavy atom. The number of aromatic nitrogens is 3. The van der Waals surface area contributed by atoms with Gasteiger partial charge in [-0.15, -0.1) is 5.10 Å². The van der Waals surface area contributed by atoms with E-state index in [0.29, 0.717) is 11.4 Å². The molecule has 1 aromatic carbocycles. The molecule has 182 valence electrons. The third-order valence-electron chi connectivity index (χ3n) is 5.94. The lowest BCUT2D eigenvalue weighted by Gasteiger charge is -2.42. The Bertz CT molecular complexity index is 1230. The first-order valence-electron chi connectivity index (χ1n) is 10.8. The van der Waals surface area contributed by atoms with Crippen LogP contribution in [0.1, 0.15) is 44.7 Å². The third-order valence-corrected chi connectivity index (χ3v) is 5.94. The Labute approximate surface area is 194 Å². The largest absolute Gasteiger partial charge is 0.453 e. The Morgan fingerprint density at radius 2 is 1.97 bits per heavy atom. The van der Waals surface area contributed by atoms with Crippen molar-refractivity contribution in [3.8, 4) is 11.6 Å². The van der Waals surface area contributed by atoms with Gasteiger partial charge >= 0.3 is 12.1 Å². The number of carbonyl (C=O) groups excluding carboxylic acids is 1. The van der Waals surface area contributed by atoms with Gasteiger partial charge in [-0.3, -0.25) is 5.32 Å². The number of hydrogen-bond acceptors (Lipinski definition) is 8. The number of nitrogens with one attached hydrogen (secondary N) is 2. The molecule has 1 amide bonds. The highest BCUT2D eigenvalue weighted by atomic mass is 19.3. The average molecular weight is 475 g/mol. The van der Waals surface area contributed by atoms with Crippen LogP contribution in [-0.2, 0) is 10.2 Å². The minimum absolute atomic E-state index is 0.0736. The fraction of sp³-hybridized carbons (Fsp3) is 0.478. The van der Waals surface area contributed by atoms with Gasteiger partial charge in [-0.2, -0.15) is 0 Å².